The van der Waals surface area contributed by atoms with E-state index in [0.717, 1.165) is 6.54 Å². The van der Waals surface area contributed by atoms with Gasteiger partial charge >= 0.3 is 0 Å². The first-order chi connectivity index (χ1) is 9.18. The molecule has 5 nitrogen and oxygen atoms in total. The van der Waals surface area contributed by atoms with Crippen molar-refractivity contribution >= 4 is 19.7 Å². The highest BCUT2D eigenvalue weighted by molar-refractivity contribution is 7.92. The van der Waals surface area contributed by atoms with Gasteiger partial charge in [0.2, 0.25) is 0 Å². The van der Waals surface area contributed by atoms with Gasteiger partial charge in [-0.15, -0.1) is 0 Å². The molecule has 0 aliphatic carbocycles. The number of rotatable bonds is 8. The van der Waals surface area contributed by atoms with Crippen molar-refractivity contribution in [1.29, 1.82) is 0 Å². The highest BCUT2D eigenvalue weighted by atomic mass is 32.2. The second-order valence-electron chi connectivity index (χ2n) is 5.94. The van der Waals surface area contributed by atoms with Crippen molar-refractivity contribution in [3.8, 4) is 0 Å². The lowest BCUT2D eigenvalue weighted by molar-refractivity contribution is 0.339. The van der Waals surface area contributed by atoms with E-state index in [2.05, 4.69) is 5.32 Å². The van der Waals surface area contributed by atoms with E-state index in [1.165, 1.54) is 0 Å². The fourth-order valence-corrected chi connectivity index (χ4v) is 5.60. The standard InChI is InChI=1S/C13H27NO4S2/c1-4-14-9-12(6-8-20(17,18)11(2)3)13-5-7-19(15,16)10-13/h11-14H,4-10H2,1-3H3. The van der Waals surface area contributed by atoms with Crippen LogP contribution in [0.3, 0.4) is 0 Å². The molecule has 1 aliphatic heterocycles. The van der Waals surface area contributed by atoms with Gasteiger partial charge in [-0.05, 0) is 51.6 Å². The van der Waals surface area contributed by atoms with E-state index in [9.17, 15) is 16.8 Å². The van der Waals surface area contributed by atoms with E-state index < -0.39 is 19.7 Å². The molecule has 1 rings (SSSR count). The molecule has 1 aliphatic rings. The predicted molar refractivity (Wildman–Crippen MR) is 82.3 cm³/mol. The molecule has 7 heteroatoms. The summed E-state index contributed by atoms with van der Waals surface area (Å²) in [5, 5.41) is 2.86. The van der Waals surface area contributed by atoms with Crippen LogP contribution < -0.4 is 5.32 Å². The zero-order valence-corrected chi connectivity index (χ0v) is 14.3. The third-order valence-electron chi connectivity index (χ3n) is 4.08. The van der Waals surface area contributed by atoms with Gasteiger partial charge in [-0.2, -0.15) is 0 Å². The number of hydrogen-bond donors (Lipinski definition) is 1. The van der Waals surface area contributed by atoms with E-state index in [0.29, 0.717) is 19.4 Å². The maximum Gasteiger partial charge on any atom is 0.152 e. The molecular weight excluding hydrogens is 298 g/mol. The summed E-state index contributed by atoms with van der Waals surface area (Å²) in [6.45, 7) is 6.88. The molecule has 0 radical (unpaired) electrons. The summed E-state index contributed by atoms with van der Waals surface area (Å²) in [5.41, 5.74) is 0. The first-order valence-corrected chi connectivity index (χ1v) is 10.8. The summed E-state index contributed by atoms with van der Waals surface area (Å²) in [4.78, 5) is 0. The molecular formula is C13H27NO4S2. The van der Waals surface area contributed by atoms with Crippen LogP contribution in [0.2, 0.25) is 0 Å². The average molecular weight is 325 g/mol. The molecule has 0 aromatic heterocycles. The summed E-state index contributed by atoms with van der Waals surface area (Å²) in [5.74, 6) is 0.835. The van der Waals surface area contributed by atoms with Gasteiger partial charge in [0.05, 0.1) is 22.5 Å². The summed E-state index contributed by atoms with van der Waals surface area (Å²) >= 11 is 0. The van der Waals surface area contributed by atoms with Crippen LogP contribution in [-0.2, 0) is 19.7 Å². The zero-order valence-electron chi connectivity index (χ0n) is 12.6. The molecule has 0 saturated carbocycles. The van der Waals surface area contributed by atoms with Crippen LogP contribution in [0.4, 0.5) is 0 Å². The molecule has 1 fully saturated rings. The molecule has 0 spiro atoms. The predicted octanol–water partition coefficient (Wildman–Crippen LogP) is 0.860. The number of nitrogens with one attached hydrogen (secondary N) is 1. The first kappa shape index (κ1) is 17.9. The van der Waals surface area contributed by atoms with Crippen LogP contribution in [0.15, 0.2) is 0 Å². The van der Waals surface area contributed by atoms with Gasteiger partial charge in [0, 0.05) is 0 Å². The monoisotopic (exact) mass is 325 g/mol. The van der Waals surface area contributed by atoms with E-state index in [4.69, 9.17) is 0 Å². The Bertz CT molecular complexity index is 496. The van der Waals surface area contributed by atoms with E-state index in [1.54, 1.807) is 13.8 Å². The van der Waals surface area contributed by atoms with Crippen LogP contribution in [-0.4, -0.2) is 52.4 Å². The third-order valence-corrected chi connectivity index (χ3v) is 8.12. The molecule has 2 unspecified atom stereocenters. The summed E-state index contributed by atoms with van der Waals surface area (Å²) < 4.78 is 47.0. The van der Waals surface area contributed by atoms with Crippen LogP contribution in [0, 0.1) is 11.8 Å². The normalized spacial score (nSPS) is 24.1. The van der Waals surface area contributed by atoms with Crippen molar-refractivity contribution in [2.75, 3.05) is 30.3 Å². The molecule has 1 N–H and O–H groups in total. The van der Waals surface area contributed by atoms with E-state index >= 15 is 0 Å². The maximum absolute atomic E-state index is 11.9. The van der Waals surface area contributed by atoms with Crippen molar-refractivity contribution in [2.45, 2.75) is 38.9 Å². The lowest BCUT2D eigenvalue weighted by Gasteiger charge is -2.23. The quantitative estimate of drug-likeness (QED) is 0.716. The molecule has 2 atom stereocenters. The van der Waals surface area contributed by atoms with Crippen molar-refractivity contribution in [2.24, 2.45) is 11.8 Å². The largest absolute Gasteiger partial charge is 0.317 e. The second-order valence-corrected chi connectivity index (χ2v) is 10.8. The van der Waals surface area contributed by atoms with Crippen LogP contribution in [0.5, 0.6) is 0 Å². The Morgan fingerprint density at radius 3 is 2.40 bits per heavy atom. The SMILES string of the molecule is CCNCC(CCS(=O)(=O)C(C)C)C1CCS(=O)(=O)C1. The summed E-state index contributed by atoms with van der Waals surface area (Å²) in [6, 6.07) is 0. The molecule has 0 amide bonds. The minimum atomic E-state index is -3.05. The lowest BCUT2D eigenvalue weighted by Crippen LogP contribution is -2.31. The molecule has 1 heterocycles. The zero-order chi connectivity index (χ0) is 15.4. The first-order valence-electron chi connectivity index (χ1n) is 7.30. The molecule has 0 aromatic rings. The fraction of sp³-hybridized carbons (Fsp3) is 1.00. The summed E-state index contributed by atoms with van der Waals surface area (Å²) in [6.07, 6.45) is 1.22. The van der Waals surface area contributed by atoms with Crippen molar-refractivity contribution < 1.29 is 16.8 Å². The van der Waals surface area contributed by atoms with Crippen LogP contribution in [0.1, 0.15) is 33.6 Å². The minimum Gasteiger partial charge on any atom is -0.317 e. The topological polar surface area (TPSA) is 80.3 Å². The molecule has 120 valence electrons. The smallest absolute Gasteiger partial charge is 0.152 e. The minimum absolute atomic E-state index is 0.0985. The van der Waals surface area contributed by atoms with Crippen LogP contribution in [0.25, 0.3) is 0 Å². The number of hydrogen-bond acceptors (Lipinski definition) is 5. The Hall–Kier alpha value is -0.140. The van der Waals surface area contributed by atoms with Crippen molar-refractivity contribution in [1.82, 2.24) is 5.32 Å². The Morgan fingerprint density at radius 2 is 1.95 bits per heavy atom. The molecule has 0 bridgehead atoms. The van der Waals surface area contributed by atoms with Crippen molar-refractivity contribution in [3.63, 3.8) is 0 Å². The van der Waals surface area contributed by atoms with E-state index in [-0.39, 0.29) is 34.3 Å². The third kappa shape index (κ3) is 5.33. The van der Waals surface area contributed by atoms with Gasteiger partial charge in [-0.1, -0.05) is 6.92 Å². The fourth-order valence-electron chi connectivity index (χ4n) is 2.58. The van der Waals surface area contributed by atoms with Gasteiger partial charge in [-0.25, -0.2) is 16.8 Å². The van der Waals surface area contributed by atoms with Gasteiger partial charge in [-0.3, -0.25) is 0 Å². The average Bonchev–Trinajstić information content (AvgIpc) is 2.69. The highest BCUT2D eigenvalue weighted by Crippen LogP contribution is 2.28. The van der Waals surface area contributed by atoms with Gasteiger partial charge in [0.1, 0.15) is 0 Å². The molecule has 1 saturated heterocycles. The number of sulfone groups is 2. The highest BCUT2D eigenvalue weighted by Gasteiger charge is 2.34. The Morgan fingerprint density at radius 1 is 1.30 bits per heavy atom. The van der Waals surface area contributed by atoms with Gasteiger partial charge < -0.3 is 5.32 Å². The Kier molecular flexibility index (Phi) is 6.47. The second kappa shape index (κ2) is 7.22. The lowest BCUT2D eigenvalue weighted by atomic mass is 9.89. The Balaban J connectivity index is 2.66. The summed E-state index contributed by atoms with van der Waals surface area (Å²) in [7, 11) is -5.97. The van der Waals surface area contributed by atoms with E-state index in [1.807, 2.05) is 6.92 Å². The maximum atomic E-state index is 11.9. The van der Waals surface area contributed by atoms with Gasteiger partial charge in [0.15, 0.2) is 19.7 Å². The Labute approximate surface area is 123 Å². The molecule has 20 heavy (non-hydrogen) atoms. The van der Waals surface area contributed by atoms with Crippen LogP contribution >= 0.6 is 0 Å². The van der Waals surface area contributed by atoms with Crippen molar-refractivity contribution in [3.05, 3.63) is 0 Å². The van der Waals surface area contributed by atoms with Gasteiger partial charge in [0.25, 0.3) is 0 Å². The molecule has 0 aromatic carbocycles.